The number of nitrogens with zero attached hydrogens (tertiary/aromatic N) is 6. The van der Waals surface area contributed by atoms with E-state index in [1.807, 2.05) is 4.57 Å². The van der Waals surface area contributed by atoms with Gasteiger partial charge in [0.25, 0.3) is 5.91 Å². The summed E-state index contributed by atoms with van der Waals surface area (Å²) in [6, 6.07) is 3.51. The molecular weight excluding hydrogens is 390 g/mol. The molecule has 7 nitrogen and oxygen atoms in total. The quantitative estimate of drug-likeness (QED) is 0.655. The molecule has 1 saturated heterocycles. The van der Waals surface area contributed by atoms with Gasteiger partial charge in [0.15, 0.2) is 0 Å². The molecule has 0 N–H and O–H groups in total. The molecule has 1 fully saturated rings. The van der Waals surface area contributed by atoms with Crippen molar-refractivity contribution in [3.63, 3.8) is 0 Å². The molecular formula is C21H24F2N6O. The third kappa shape index (κ3) is 3.71. The van der Waals surface area contributed by atoms with Gasteiger partial charge in [-0.1, -0.05) is 0 Å². The van der Waals surface area contributed by atoms with E-state index in [0.29, 0.717) is 18.7 Å². The first-order valence-corrected chi connectivity index (χ1v) is 10.0. The highest BCUT2D eigenvalue weighted by Gasteiger charge is 2.31. The van der Waals surface area contributed by atoms with Crippen molar-refractivity contribution in [2.45, 2.75) is 38.6 Å². The van der Waals surface area contributed by atoms with Gasteiger partial charge in [-0.2, -0.15) is 5.10 Å². The molecule has 4 rings (SSSR count). The Hall–Kier alpha value is -3.10. The van der Waals surface area contributed by atoms with E-state index in [4.69, 9.17) is 0 Å². The summed E-state index contributed by atoms with van der Waals surface area (Å²) in [5, 5.41) is 12.6. The minimum atomic E-state index is -0.746. The van der Waals surface area contributed by atoms with Crippen LogP contribution in [0.5, 0.6) is 0 Å². The van der Waals surface area contributed by atoms with Crippen LogP contribution < -0.4 is 0 Å². The number of carbonyl (C=O) groups is 1. The zero-order chi connectivity index (χ0) is 21.4. The number of carbonyl (C=O) groups excluding carboxylic acids is 1. The summed E-state index contributed by atoms with van der Waals surface area (Å²) in [7, 11) is 1.67. The molecule has 1 aromatic carbocycles. The van der Waals surface area contributed by atoms with Gasteiger partial charge >= 0.3 is 0 Å². The van der Waals surface area contributed by atoms with Crippen LogP contribution >= 0.6 is 0 Å². The van der Waals surface area contributed by atoms with Crippen LogP contribution in [0.25, 0.3) is 11.3 Å². The van der Waals surface area contributed by atoms with Crippen LogP contribution in [0, 0.1) is 11.6 Å². The van der Waals surface area contributed by atoms with Crippen molar-refractivity contribution >= 4 is 5.91 Å². The normalized spacial score (nSPS) is 17.0. The second-order valence-electron chi connectivity index (χ2n) is 7.97. The predicted molar refractivity (Wildman–Crippen MR) is 107 cm³/mol. The molecule has 0 radical (unpaired) electrons. The molecule has 0 bridgehead atoms. The minimum Gasteiger partial charge on any atom is -0.338 e. The second kappa shape index (κ2) is 7.97. The first-order valence-electron chi connectivity index (χ1n) is 10.0. The number of aryl methyl sites for hydroxylation is 1. The first kappa shape index (κ1) is 20.2. The number of halogens is 2. The summed E-state index contributed by atoms with van der Waals surface area (Å²) in [6.07, 6.45) is 5.06. The van der Waals surface area contributed by atoms with E-state index in [2.05, 4.69) is 29.1 Å². The van der Waals surface area contributed by atoms with Gasteiger partial charge in [-0.05, 0) is 38.8 Å². The lowest BCUT2D eigenvalue weighted by atomic mass is 9.96. The average molecular weight is 414 g/mol. The van der Waals surface area contributed by atoms with Crippen LogP contribution in [-0.2, 0) is 7.05 Å². The van der Waals surface area contributed by atoms with Crippen LogP contribution in [0.2, 0.25) is 0 Å². The second-order valence-corrected chi connectivity index (χ2v) is 7.97. The first-order chi connectivity index (χ1) is 14.3. The molecule has 1 atom stereocenters. The van der Waals surface area contributed by atoms with Crippen LogP contribution in [0.4, 0.5) is 8.78 Å². The summed E-state index contributed by atoms with van der Waals surface area (Å²) in [5.41, 5.74) is 0.620. The van der Waals surface area contributed by atoms with Crippen molar-refractivity contribution in [2.75, 3.05) is 13.1 Å². The maximum atomic E-state index is 14.4. The van der Waals surface area contributed by atoms with E-state index in [-0.39, 0.29) is 29.1 Å². The average Bonchev–Trinajstić information content (AvgIpc) is 3.34. The van der Waals surface area contributed by atoms with E-state index in [1.54, 1.807) is 24.5 Å². The molecule has 3 heterocycles. The third-order valence-corrected chi connectivity index (χ3v) is 5.48. The number of hydrogen-bond donors (Lipinski definition) is 0. The number of benzene rings is 1. The highest BCUT2D eigenvalue weighted by molar-refractivity contribution is 6.00. The number of hydrogen-bond acceptors (Lipinski definition) is 4. The number of piperidine rings is 1. The van der Waals surface area contributed by atoms with Crippen molar-refractivity contribution in [1.29, 1.82) is 0 Å². The van der Waals surface area contributed by atoms with Gasteiger partial charge in [-0.3, -0.25) is 9.48 Å². The summed E-state index contributed by atoms with van der Waals surface area (Å²) in [4.78, 5) is 15.1. The fourth-order valence-corrected chi connectivity index (χ4v) is 4.01. The lowest BCUT2D eigenvalue weighted by Gasteiger charge is -2.32. The zero-order valence-electron chi connectivity index (χ0n) is 17.2. The van der Waals surface area contributed by atoms with E-state index in [9.17, 15) is 13.6 Å². The molecule has 1 aliphatic heterocycles. The van der Waals surface area contributed by atoms with Gasteiger partial charge in [-0.15, -0.1) is 10.2 Å². The Balaban J connectivity index is 1.63. The highest BCUT2D eigenvalue weighted by atomic mass is 19.1. The largest absolute Gasteiger partial charge is 0.338 e. The van der Waals surface area contributed by atoms with Gasteiger partial charge in [-0.25, -0.2) is 8.78 Å². The summed E-state index contributed by atoms with van der Waals surface area (Å²) >= 11 is 0. The fraction of sp³-hybridized carbons (Fsp3) is 0.429. The van der Waals surface area contributed by atoms with Crippen molar-refractivity contribution in [2.24, 2.45) is 7.05 Å². The van der Waals surface area contributed by atoms with Crippen molar-refractivity contribution in [3.8, 4) is 11.3 Å². The van der Waals surface area contributed by atoms with E-state index in [1.165, 1.54) is 10.7 Å². The topological polar surface area (TPSA) is 68.8 Å². The zero-order valence-corrected chi connectivity index (χ0v) is 17.2. The maximum absolute atomic E-state index is 14.4. The Kier molecular flexibility index (Phi) is 5.36. The molecule has 0 spiro atoms. The SMILES string of the molecule is CC(C)n1cnnc1C1CCCN(C(=O)c2cn(C)nc2-c2ccc(F)cc2F)C1. The summed E-state index contributed by atoms with van der Waals surface area (Å²) in [6.45, 7) is 5.24. The molecule has 1 unspecified atom stereocenters. The Labute approximate surface area is 173 Å². The number of aromatic nitrogens is 5. The molecule has 1 aliphatic rings. The minimum absolute atomic E-state index is 0.0790. The molecule has 1 amide bonds. The molecule has 9 heteroatoms. The lowest BCUT2D eigenvalue weighted by molar-refractivity contribution is 0.0703. The smallest absolute Gasteiger partial charge is 0.257 e. The molecule has 0 saturated carbocycles. The van der Waals surface area contributed by atoms with Crippen molar-refractivity contribution < 1.29 is 13.6 Å². The maximum Gasteiger partial charge on any atom is 0.257 e. The summed E-state index contributed by atoms with van der Waals surface area (Å²) < 4.78 is 31.2. The van der Waals surface area contributed by atoms with Gasteiger partial charge in [0.2, 0.25) is 0 Å². The molecule has 2 aromatic heterocycles. The van der Waals surface area contributed by atoms with Crippen LogP contribution in [0.1, 0.15) is 54.8 Å². The standard InChI is InChI=1S/C21H24F2N6O/c1-13(2)29-12-24-25-20(29)14-5-4-8-28(10-14)21(30)17-11-27(3)26-19(17)16-7-6-15(22)9-18(16)23/h6-7,9,11-14H,4-5,8,10H2,1-3H3. The van der Waals surface area contributed by atoms with Crippen molar-refractivity contribution in [1.82, 2.24) is 29.4 Å². The molecule has 0 aliphatic carbocycles. The van der Waals surface area contributed by atoms with Gasteiger partial charge in [0.1, 0.15) is 29.5 Å². The van der Waals surface area contributed by atoms with Crippen LogP contribution in [-0.4, -0.2) is 48.4 Å². The fourth-order valence-electron chi connectivity index (χ4n) is 4.01. The van der Waals surface area contributed by atoms with Crippen LogP contribution in [0.3, 0.4) is 0 Å². The van der Waals surface area contributed by atoms with E-state index >= 15 is 0 Å². The number of rotatable bonds is 4. The van der Waals surface area contributed by atoms with Crippen LogP contribution in [0.15, 0.2) is 30.7 Å². The van der Waals surface area contributed by atoms with Gasteiger partial charge in [0.05, 0.1) is 5.56 Å². The number of likely N-dealkylation sites (tertiary alicyclic amines) is 1. The Morgan fingerprint density at radius 1 is 1.27 bits per heavy atom. The number of amides is 1. The van der Waals surface area contributed by atoms with Crippen molar-refractivity contribution in [3.05, 3.63) is 53.7 Å². The molecule has 158 valence electrons. The summed E-state index contributed by atoms with van der Waals surface area (Å²) in [5.74, 6) is -0.687. The Morgan fingerprint density at radius 2 is 2.07 bits per heavy atom. The third-order valence-electron chi connectivity index (χ3n) is 5.48. The molecule has 30 heavy (non-hydrogen) atoms. The lowest BCUT2D eigenvalue weighted by Crippen LogP contribution is -2.40. The Bertz CT molecular complexity index is 1070. The highest BCUT2D eigenvalue weighted by Crippen LogP contribution is 2.30. The van der Waals surface area contributed by atoms with E-state index in [0.717, 1.165) is 30.8 Å². The predicted octanol–water partition coefficient (Wildman–Crippen LogP) is 3.56. The van der Waals surface area contributed by atoms with Gasteiger partial charge in [0, 0.05) is 49.9 Å². The Morgan fingerprint density at radius 3 is 2.80 bits per heavy atom. The monoisotopic (exact) mass is 414 g/mol. The molecule has 3 aromatic rings. The van der Waals surface area contributed by atoms with Gasteiger partial charge < -0.3 is 9.47 Å². The van der Waals surface area contributed by atoms with E-state index < -0.39 is 11.6 Å².